The summed E-state index contributed by atoms with van der Waals surface area (Å²) in [5, 5.41) is 2.46. The van der Waals surface area contributed by atoms with Crippen LogP contribution in [0.1, 0.15) is 20.3 Å². The molecule has 0 amide bonds. The molecule has 12 heavy (non-hydrogen) atoms. The summed E-state index contributed by atoms with van der Waals surface area (Å²) in [5.74, 6) is 0.270. The minimum absolute atomic E-state index is 0.270. The summed E-state index contributed by atoms with van der Waals surface area (Å²) in [4.78, 5) is 10.8. The van der Waals surface area contributed by atoms with Gasteiger partial charge < -0.3 is 0 Å². The number of hydrogen-bond acceptors (Lipinski definition) is 3. The number of Topliss-reactive ketones (excluding diaryl/α,β-unsaturated/α-hetero) is 1. The van der Waals surface area contributed by atoms with Gasteiger partial charge in [0, 0.05) is 11.7 Å². The number of ketones is 1. The monoisotopic (exact) mass is 200 g/mol. The molecule has 1 aromatic heterocycles. The van der Waals surface area contributed by atoms with Crippen molar-refractivity contribution in [2.24, 2.45) is 0 Å². The van der Waals surface area contributed by atoms with Crippen molar-refractivity contribution < 1.29 is 4.79 Å². The van der Waals surface area contributed by atoms with E-state index in [2.05, 4.69) is 18.4 Å². The molecule has 0 bridgehead atoms. The summed E-state index contributed by atoms with van der Waals surface area (Å²) in [5.41, 5.74) is 0. The van der Waals surface area contributed by atoms with Crippen LogP contribution in [0.25, 0.3) is 0 Å². The molecule has 0 N–H and O–H groups in total. The normalized spacial score (nSPS) is 12.8. The highest BCUT2D eigenvalue weighted by Gasteiger charge is 2.07. The zero-order valence-corrected chi connectivity index (χ0v) is 8.87. The molecule has 0 spiro atoms. The van der Waals surface area contributed by atoms with Crippen molar-refractivity contribution in [2.45, 2.75) is 29.7 Å². The van der Waals surface area contributed by atoms with Crippen LogP contribution in [0.15, 0.2) is 21.7 Å². The number of thiophene rings is 1. The van der Waals surface area contributed by atoms with E-state index in [0.29, 0.717) is 11.7 Å². The molecule has 3 heteroatoms. The van der Waals surface area contributed by atoms with Gasteiger partial charge in [-0.1, -0.05) is 13.0 Å². The summed E-state index contributed by atoms with van der Waals surface area (Å²) in [6, 6.07) is 4.12. The van der Waals surface area contributed by atoms with Crippen molar-refractivity contribution in [1.82, 2.24) is 0 Å². The van der Waals surface area contributed by atoms with Crippen LogP contribution in [0.5, 0.6) is 0 Å². The predicted octanol–water partition coefficient (Wildman–Crippen LogP) is 3.21. The van der Waals surface area contributed by atoms with E-state index in [-0.39, 0.29) is 5.78 Å². The number of carbonyl (C=O) groups excluding carboxylic acids is 1. The first-order chi connectivity index (χ1) is 5.68. The van der Waals surface area contributed by atoms with E-state index in [0.717, 1.165) is 0 Å². The lowest BCUT2D eigenvalue weighted by Crippen LogP contribution is -2.02. The van der Waals surface area contributed by atoms with Crippen LogP contribution in [-0.2, 0) is 4.79 Å². The standard InChI is InChI=1S/C9H12OS2/c1-7(10)6-8(2)12-9-4-3-5-11-9/h3-5,8H,6H2,1-2H3. The molecule has 1 unspecified atom stereocenters. The van der Waals surface area contributed by atoms with Gasteiger partial charge in [0.05, 0.1) is 4.21 Å². The van der Waals surface area contributed by atoms with Gasteiger partial charge in [0.1, 0.15) is 5.78 Å². The molecular formula is C9H12OS2. The molecule has 0 aliphatic carbocycles. The van der Waals surface area contributed by atoms with Crippen LogP contribution in [-0.4, -0.2) is 11.0 Å². The van der Waals surface area contributed by atoms with E-state index >= 15 is 0 Å². The SMILES string of the molecule is CC(=O)CC(C)Sc1cccs1. The summed E-state index contributed by atoms with van der Waals surface area (Å²) in [7, 11) is 0. The first kappa shape index (κ1) is 9.81. The van der Waals surface area contributed by atoms with Gasteiger partial charge in [-0.2, -0.15) is 0 Å². The smallest absolute Gasteiger partial charge is 0.130 e. The van der Waals surface area contributed by atoms with Gasteiger partial charge in [-0.3, -0.25) is 4.79 Å². The molecule has 1 atom stereocenters. The van der Waals surface area contributed by atoms with E-state index in [9.17, 15) is 4.79 Å². The average Bonchev–Trinajstić information content (AvgIpc) is 2.37. The Morgan fingerprint density at radius 1 is 1.75 bits per heavy atom. The minimum atomic E-state index is 0.270. The van der Waals surface area contributed by atoms with E-state index in [1.54, 1.807) is 30.0 Å². The number of rotatable bonds is 4. The lowest BCUT2D eigenvalue weighted by atomic mass is 10.2. The second-order valence-corrected chi connectivity index (χ2v) is 5.45. The minimum Gasteiger partial charge on any atom is -0.300 e. The van der Waals surface area contributed by atoms with Gasteiger partial charge in [0.15, 0.2) is 0 Å². The Morgan fingerprint density at radius 2 is 2.50 bits per heavy atom. The Hall–Kier alpha value is -0.280. The fraction of sp³-hybridized carbons (Fsp3) is 0.444. The molecule has 1 rings (SSSR count). The maximum Gasteiger partial charge on any atom is 0.130 e. The second-order valence-electron chi connectivity index (χ2n) is 2.77. The highest BCUT2D eigenvalue weighted by Crippen LogP contribution is 2.28. The van der Waals surface area contributed by atoms with Crippen molar-refractivity contribution >= 4 is 28.9 Å². The first-order valence-corrected chi connectivity index (χ1v) is 5.64. The van der Waals surface area contributed by atoms with Crippen LogP contribution < -0.4 is 0 Å². The number of thioether (sulfide) groups is 1. The van der Waals surface area contributed by atoms with Gasteiger partial charge in [0.2, 0.25) is 0 Å². The summed E-state index contributed by atoms with van der Waals surface area (Å²) in [6.45, 7) is 3.73. The first-order valence-electron chi connectivity index (χ1n) is 3.88. The van der Waals surface area contributed by atoms with Crippen molar-refractivity contribution in [1.29, 1.82) is 0 Å². The van der Waals surface area contributed by atoms with Crippen LogP contribution in [0.2, 0.25) is 0 Å². The van der Waals surface area contributed by atoms with Crippen LogP contribution >= 0.6 is 23.1 Å². The third kappa shape index (κ3) is 3.41. The molecule has 0 fully saturated rings. The molecule has 0 aliphatic rings. The maximum atomic E-state index is 10.8. The van der Waals surface area contributed by atoms with E-state index in [4.69, 9.17) is 0 Å². The van der Waals surface area contributed by atoms with Gasteiger partial charge in [0.25, 0.3) is 0 Å². The Bertz CT molecular complexity index is 241. The van der Waals surface area contributed by atoms with Gasteiger partial charge in [-0.25, -0.2) is 0 Å². The van der Waals surface area contributed by atoms with E-state index in [1.165, 1.54) is 4.21 Å². The maximum absolute atomic E-state index is 10.8. The zero-order chi connectivity index (χ0) is 8.97. The highest BCUT2D eigenvalue weighted by molar-refractivity contribution is 8.01. The second kappa shape index (κ2) is 4.67. The summed E-state index contributed by atoms with van der Waals surface area (Å²) < 4.78 is 1.30. The Balaban J connectivity index is 2.36. The fourth-order valence-electron chi connectivity index (χ4n) is 0.975. The highest BCUT2D eigenvalue weighted by atomic mass is 32.2. The third-order valence-corrected chi connectivity index (χ3v) is 3.56. The largest absolute Gasteiger partial charge is 0.300 e. The Morgan fingerprint density at radius 3 is 3.00 bits per heavy atom. The Kier molecular flexibility index (Phi) is 3.82. The average molecular weight is 200 g/mol. The molecular weight excluding hydrogens is 188 g/mol. The topological polar surface area (TPSA) is 17.1 Å². The molecule has 66 valence electrons. The van der Waals surface area contributed by atoms with E-state index in [1.807, 2.05) is 6.07 Å². The molecule has 0 saturated carbocycles. The lowest BCUT2D eigenvalue weighted by Gasteiger charge is -2.05. The molecule has 0 aromatic carbocycles. The molecule has 0 radical (unpaired) electrons. The van der Waals surface area contributed by atoms with Crippen LogP contribution in [0.4, 0.5) is 0 Å². The fourth-order valence-corrected chi connectivity index (χ4v) is 3.18. The molecule has 1 nitrogen and oxygen atoms in total. The number of hydrogen-bond donors (Lipinski definition) is 0. The van der Waals surface area contributed by atoms with Crippen molar-refractivity contribution in [3.8, 4) is 0 Å². The van der Waals surface area contributed by atoms with Gasteiger partial charge >= 0.3 is 0 Å². The van der Waals surface area contributed by atoms with Crippen LogP contribution in [0.3, 0.4) is 0 Å². The number of carbonyl (C=O) groups is 1. The quantitative estimate of drug-likeness (QED) is 0.694. The lowest BCUT2D eigenvalue weighted by molar-refractivity contribution is -0.116. The van der Waals surface area contributed by atoms with Crippen molar-refractivity contribution in [3.63, 3.8) is 0 Å². The molecule has 0 aliphatic heterocycles. The molecule has 1 heterocycles. The Labute approximate surface area is 81.2 Å². The predicted molar refractivity (Wildman–Crippen MR) is 54.9 cm³/mol. The van der Waals surface area contributed by atoms with E-state index < -0.39 is 0 Å². The molecule has 0 saturated heterocycles. The molecule has 1 aromatic rings. The summed E-state index contributed by atoms with van der Waals surface area (Å²) in [6.07, 6.45) is 0.669. The van der Waals surface area contributed by atoms with Crippen LogP contribution in [0, 0.1) is 0 Å². The zero-order valence-electron chi connectivity index (χ0n) is 7.24. The van der Waals surface area contributed by atoms with Gasteiger partial charge in [-0.15, -0.1) is 23.1 Å². The summed E-state index contributed by atoms with van der Waals surface area (Å²) >= 11 is 3.51. The third-order valence-electron chi connectivity index (χ3n) is 1.39. The van der Waals surface area contributed by atoms with Crippen molar-refractivity contribution in [2.75, 3.05) is 0 Å². The van der Waals surface area contributed by atoms with Gasteiger partial charge in [-0.05, 0) is 18.4 Å². The van der Waals surface area contributed by atoms with Crippen molar-refractivity contribution in [3.05, 3.63) is 17.5 Å².